The molecule has 0 saturated carbocycles. The summed E-state index contributed by atoms with van der Waals surface area (Å²) >= 11 is 0. The number of nitrogens with two attached hydrogens (primary N) is 1. The van der Waals surface area contributed by atoms with Crippen LogP contribution in [0.5, 0.6) is 0 Å². The second kappa shape index (κ2) is 5.31. The summed E-state index contributed by atoms with van der Waals surface area (Å²) in [5.74, 6) is 0. The molecule has 2 rings (SSSR count). The van der Waals surface area contributed by atoms with Crippen LogP contribution in [0, 0.1) is 5.41 Å². The summed E-state index contributed by atoms with van der Waals surface area (Å²) in [6.45, 7) is 9.14. The fourth-order valence-electron chi connectivity index (χ4n) is 2.86. The van der Waals surface area contributed by atoms with Gasteiger partial charge in [-0.15, -0.1) is 0 Å². The third-order valence-corrected chi connectivity index (χ3v) is 3.76. The highest BCUT2D eigenvalue weighted by molar-refractivity contribution is 5.48. The summed E-state index contributed by atoms with van der Waals surface area (Å²) in [5.41, 5.74) is 8.97. The van der Waals surface area contributed by atoms with Gasteiger partial charge in [0.25, 0.3) is 0 Å². The van der Waals surface area contributed by atoms with Crippen molar-refractivity contribution in [3.8, 4) is 0 Å². The molecule has 0 spiro atoms. The second-order valence-electron chi connectivity index (χ2n) is 6.54. The molecule has 100 valence electrons. The van der Waals surface area contributed by atoms with Crippen molar-refractivity contribution in [2.45, 2.75) is 46.1 Å². The lowest BCUT2D eigenvalue weighted by molar-refractivity contribution is 0.293. The van der Waals surface area contributed by atoms with Gasteiger partial charge in [-0.1, -0.05) is 26.0 Å². The van der Waals surface area contributed by atoms with Crippen LogP contribution < -0.4 is 10.6 Å². The molecular weight excluding hydrogens is 220 g/mol. The molecule has 0 bridgehead atoms. The van der Waals surface area contributed by atoms with Gasteiger partial charge in [-0.05, 0) is 49.3 Å². The molecule has 1 saturated heterocycles. The number of hydrogen-bond acceptors (Lipinski definition) is 2. The number of rotatable bonds is 3. The van der Waals surface area contributed by atoms with Crippen LogP contribution in [-0.2, 0) is 6.42 Å². The molecule has 18 heavy (non-hydrogen) atoms. The molecule has 2 nitrogen and oxygen atoms in total. The minimum Gasteiger partial charge on any atom is -0.371 e. The van der Waals surface area contributed by atoms with Crippen molar-refractivity contribution in [3.63, 3.8) is 0 Å². The van der Waals surface area contributed by atoms with E-state index in [0.717, 1.165) is 6.42 Å². The van der Waals surface area contributed by atoms with Crippen LogP contribution in [0.15, 0.2) is 24.3 Å². The molecular formula is C16H26N2. The topological polar surface area (TPSA) is 29.3 Å². The van der Waals surface area contributed by atoms with E-state index in [9.17, 15) is 0 Å². The Kier molecular flexibility index (Phi) is 3.96. The zero-order valence-electron chi connectivity index (χ0n) is 11.9. The van der Waals surface area contributed by atoms with E-state index in [4.69, 9.17) is 5.73 Å². The van der Waals surface area contributed by atoms with E-state index >= 15 is 0 Å². The fraction of sp³-hybridized carbons (Fsp3) is 0.625. The van der Waals surface area contributed by atoms with Gasteiger partial charge in [0.1, 0.15) is 0 Å². The number of hydrogen-bond donors (Lipinski definition) is 1. The molecule has 1 aliphatic heterocycles. The third kappa shape index (κ3) is 3.49. The summed E-state index contributed by atoms with van der Waals surface area (Å²) in [4.78, 5) is 2.51. The Balaban J connectivity index is 2.05. The van der Waals surface area contributed by atoms with Gasteiger partial charge >= 0.3 is 0 Å². The van der Waals surface area contributed by atoms with Gasteiger partial charge in [0.05, 0.1) is 0 Å². The molecule has 1 atom stereocenters. The summed E-state index contributed by atoms with van der Waals surface area (Å²) in [7, 11) is 0. The summed E-state index contributed by atoms with van der Waals surface area (Å²) < 4.78 is 0. The maximum absolute atomic E-state index is 5.83. The minimum absolute atomic E-state index is 0.241. The summed E-state index contributed by atoms with van der Waals surface area (Å²) in [6, 6.07) is 9.18. The van der Waals surface area contributed by atoms with Crippen molar-refractivity contribution in [2.75, 3.05) is 18.0 Å². The van der Waals surface area contributed by atoms with Crippen LogP contribution in [0.4, 0.5) is 5.69 Å². The first-order valence-electron chi connectivity index (χ1n) is 7.06. The SMILES string of the molecule is CC(N)Cc1ccc(N2CCCC(C)(C)C2)cc1. The van der Waals surface area contributed by atoms with Crippen LogP contribution in [-0.4, -0.2) is 19.1 Å². The molecule has 1 fully saturated rings. The van der Waals surface area contributed by atoms with Crippen LogP contribution >= 0.6 is 0 Å². The molecule has 0 amide bonds. The first-order valence-corrected chi connectivity index (χ1v) is 7.06. The van der Waals surface area contributed by atoms with Crippen LogP contribution in [0.1, 0.15) is 39.2 Å². The van der Waals surface area contributed by atoms with Gasteiger partial charge in [0.2, 0.25) is 0 Å². The van der Waals surface area contributed by atoms with Gasteiger partial charge in [0, 0.05) is 24.8 Å². The molecule has 1 unspecified atom stereocenters. The Bertz CT molecular complexity index is 379. The first kappa shape index (κ1) is 13.4. The lowest BCUT2D eigenvalue weighted by Gasteiger charge is -2.39. The van der Waals surface area contributed by atoms with Crippen molar-refractivity contribution in [3.05, 3.63) is 29.8 Å². The predicted octanol–water partition coefficient (Wildman–Crippen LogP) is 3.20. The van der Waals surface area contributed by atoms with Gasteiger partial charge in [0.15, 0.2) is 0 Å². The zero-order chi connectivity index (χ0) is 13.2. The smallest absolute Gasteiger partial charge is 0.0366 e. The largest absolute Gasteiger partial charge is 0.371 e. The number of benzene rings is 1. The second-order valence-corrected chi connectivity index (χ2v) is 6.54. The highest BCUT2D eigenvalue weighted by atomic mass is 15.1. The number of piperidine rings is 1. The van der Waals surface area contributed by atoms with E-state index in [2.05, 4.69) is 49.9 Å². The molecule has 0 aromatic heterocycles. The highest BCUT2D eigenvalue weighted by Gasteiger charge is 2.26. The van der Waals surface area contributed by atoms with Crippen LogP contribution in [0.25, 0.3) is 0 Å². The molecule has 1 aromatic carbocycles. The molecule has 1 heterocycles. The number of nitrogens with zero attached hydrogens (tertiary/aromatic N) is 1. The van der Waals surface area contributed by atoms with Crippen LogP contribution in [0.2, 0.25) is 0 Å². The molecule has 2 N–H and O–H groups in total. The minimum atomic E-state index is 0.241. The van der Waals surface area contributed by atoms with E-state index in [1.807, 2.05) is 0 Å². The van der Waals surface area contributed by atoms with E-state index < -0.39 is 0 Å². The standard InChI is InChI=1S/C16H26N2/c1-13(17)11-14-5-7-15(8-6-14)18-10-4-9-16(2,3)12-18/h5-8,13H,4,9-12,17H2,1-3H3. The fourth-order valence-corrected chi connectivity index (χ4v) is 2.86. The highest BCUT2D eigenvalue weighted by Crippen LogP contribution is 2.31. The Labute approximate surface area is 111 Å². The zero-order valence-corrected chi connectivity index (χ0v) is 11.9. The van der Waals surface area contributed by atoms with Crippen molar-refractivity contribution in [1.82, 2.24) is 0 Å². The Morgan fingerprint density at radius 2 is 1.94 bits per heavy atom. The van der Waals surface area contributed by atoms with E-state index in [1.165, 1.54) is 37.2 Å². The molecule has 1 aromatic rings. The van der Waals surface area contributed by atoms with E-state index in [1.54, 1.807) is 0 Å². The molecule has 2 heteroatoms. The van der Waals surface area contributed by atoms with E-state index in [0.29, 0.717) is 5.41 Å². The van der Waals surface area contributed by atoms with E-state index in [-0.39, 0.29) is 6.04 Å². The first-order chi connectivity index (χ1) is 8.46. The average molecular weight is 246 g/mol. The van der Waals surface area contributed by atoms with Gasteiger partial charge in [-0.2, -0.15) is 0 Å². The maximum atomic E-state index is 5.83. The lowest BCUT2D eigenvalue weighted by Crippen LogP contribution is -2.40. The predicted molar refractivity (Wildman–Crippen MR) is 79.0 cm³/mol. The molecule has 1 aliphatic rings. The molecule has 0 radical (unpaired) electrons. The summed E-state index contributed by atoms with van der Waals surface area (Å²) in [5, 5.41) is 0. The maximum Gasteiger partial charge on any atom is 0.0366 e. The summed E-state index contributed by atoms with van der Waals surface area (Å²) in [6.07, 6.45) is 3.60. The normalized spacial score (nSPS) is 20.8. The Morgan fingerprint density at radius 3 is 2.50 bits per heavy atom. The monoisotopic (exact) mass is 246 g/mol. The van der Waals surface area contributed by atoms with Gasteiger partial charge in [-0.3, -0.25) is 0 Å². The lowest BCUT2D eigenvalue weighted by atomic mass is 9.84. The quantitative estimate of drug-likeness (QED) is 0.887. The van der Waals surface area contributed by atoms with Gasteiger partial charge < -0.3 is 10.6 Å². The number of anilines is 1. The Morgan fingerprint density at radius 1 is 1.28 bits per heavy atom. The van der Waals surface area contributed by atoms with Crippen molar-refractivity contribution in [1.29, 1.82) is 0 Å². The van der Waals surface area contributed by atoms with Crippen molar-refractivity contribution >= 4 is 5.69 Å². The molecule has 0 aliphatic carbocycles. The van der Waals surface area contributed by atoms with Gasteiger partial charge in [-0.25, -0.2) is 0 Å². The van der Waals surface area contributed by atoms with Crippen LogP contribution in [0.3, 0.4) is 0 Å². The average Bonchev–Trinajstić information content (AvgIpc) is 2.28. The van der Waals surface area contributed by atoms with Crippen molar-refractivity contribution in [2.24, 2.45) is 11.1 Å². The Hall–Kier alpha value is -1.02. The third-order valence-electron chi connectivity index (χ3n) is 3.76. The van der Waals surface area contributed by atoms with Crippen molar-refractivity contribution < 1.29 is 0 Å².